The van der Waals surface area contributed by atoms with Gasteiger partial charge >= 0.3 is 0 Å². The van der Waals surface area contributed by atoms with Gasteiger partial charge in [0, 0.05) is 35.0 Å². The molecule has 58 heavy (non-hydrogen) atoms. The lowest BCUT2D eigenvalue weighted by Crippen LogP contribution is -2.12. The number of allylic oxidation sites excluding steroid dienone is 11. The van der Waals surface area contributed by atoms with Crippen molar-refractivity contribution in [2.45, 2.75) is 32.2 Å². The summed E-state index contributed by atoms with van der Waals surface area (Å²) in [5, 5.41) is 3.17. The van der Waals surface area contributed by atoms with Gasteiger partial charge in [-0.2, -0.15) is 0 Å². The van der Waals surface area contributed by atoms with Crippen molar-refractivity contribution < 1.29 is 0 Å². The first kappa shape index (κ1) is 36.2. The molecule has 0 saturated heterocycles. The molecule has 0 fully saturated rings. The number of nitrogens with two attached hydrogens (primary N) is 1. The van der Waals surface area contributed by atoms with Crippen LogP contribution in [0.4, 0.5) is 0 Å². The Morgan fingerprint density at radius 1 is 0.707 bits per heavy atom. The Bertz CT molecular complexity index is 2940. The van der Waals surface area contributed by atoms with E-state index < -0.39 is 0 Å². The third kappa shape index (κ3) is 7.80. The van der Waals surface area contributed by atoms with Gasteiger partial charge in [0.25, 0.3) is 0 Å². The van der Waals surface area contributed by atoms with Gasteiger partial charge in [-0.3, -0.25) is 4.99 Å². The average molecular weight is 749 g/mol. The first-order valence-corrected chi connectivity index (χ1v) is 19.6. The molecule has 6 aromatic rings. The maximum Gasteiger partial charge on any atom is 0.187 e. The van der Waals surface area contributed by atoms with E-state index in [0.717, 1.165) is 91.0 Å². The minimum absolute atomic E-state index is 0.406. The van der Waals surface area contributed by atoms with Gasteiger partial charge in [0.2, 0.25) is 0 Å². The van der Waals surface area contributed by atoms with Gasteiger partial charge in [0.15, 0.2) is 11.5 Å². The molecule has 3 heterocycles. The highest BCUT2D eigenvalue weighted by Crippen LogP contribution is 2.33. The number of nitrogens with zero attached hydrogens (tertiary/aromatic N) is 5. The summed E-state index contributed by atoms with van der Waals surface area (Å²) in [6, 6.07) is 37.3. The molecule has 0 bridgehead atoms. The van der Waals surface area contributed by atoms with Crippen molar-refractivity contribution in [2.24, 2.45) is 15.7 Å². The van der Waals surface area contributed by atoms with Gasteiger partial charge in [-0.05, 0) is 88.6 Å². The molecule has 2 aliphatic carbocycles. The fraction of sp³-hybridized carbons (Fsp3) is 0.0962. The predicted octanol–water partition coefficient (Wildman–Crippen LogP) is 11.0. The molecular formula is C52H40N6. The van der Waals surface area contributed by atoms with Gasteiger partial charge in [-0.1, -0.05) is 133 Å². The molecule has 9 rings (SSSR count). The molecule has 1 aliphatic heterocycles. The highest BCUT2D eigenvalue weighted by molar-refractivity contribution is 6.09. The monoisotopic (exact) mass is 748 g/mol. The Hall–Kier alpha value is -7.49. The zero-order valence-electron chi connectivity index (χ0n) is 32.0. The number of aromatic nitrogens is 3. The van der Waals surface area contributed by atoms with Gasteiger partial charge in [-0.25, -0.2) is 19.9 Å². The number of aliphatic imine (C=N–C) groups is 2. The number of pyridine rings is 1. The molecule has 6 nitrogen and oxygen atoms in total. The Morgan fingerprint density at radius 2 is 1.55 bits per heavy atom. The first-order valence-electron chi connectivity index (χ1n) is 19.6. The van der Waals surface area contributed by atoms with Crippen LogP contribution in [0.1, 0.15) is 58.9 Å². The molecule has 3 aliphatic rings. The molecule has 0 unspecified atom stereocenters. The summed E-state index contributed by atoms with van der Waals surface area (Å²) in [4.78, 5) is 26.0. The fourth-order valence-corrected chi connectivity index (χ4v) is 7.52. The Morgan fingerprint density at radius 3 is 2.50 bits per heavy atom. The van der Waals surface area contributed by atoms with Crippen LogP contribution in [0, 0.1) is 0 Å². The van der Waals surface area contributed by atoms with Crippen LogP contribution in [0.5, 0.6) is 0 Å². The van der Waals surface area contributed by atoms with Crippen molar-refractivity contribution in [1.82, 2.24) is 15.0 Å². The summed E-state index contributed by atoms with van der Waals surface area (Å²) in [7, 11) is 0. The maximum absolute atomic E-state index is 6.78. The van der Waals surface area contributed by atoms with E-state index in [-0.39, 0.29) is 0 Å². The van der Waals surface area contributed by atoms with E-state index in [9.17, 15) is 0 Å². The first-order chi connectivity index (χ1) is 28.7. The summed E-state index contributed by atoms with van der Waals surface area (Å²) < 4.78 is 0. The van der Waals surface area contributed by atoms with Crippen molar-refractivity contribution in [1.29, 1.82) is 0 Å². The zero-order chi connectivity index (χ0) is 39.1. The summed E-state index contributed by atoms with van der Waals surface area (Å²) >= 11 is 0. The smallest absolute Gasteiger partial charge is 0.187 e. The minimum atomic E-state index is 0.406. The molecule has 278 valence electrons. The van der Waals surface area contributed by atoms with E-state index >= 15 is 0 Å². The summed E-state index contributed by atoms with van der Waals surface area (Å²) in [5.74, 6) is 0.507. The minimum Gasteiger partial charge on any atom is -0.398 e. The maximum atomic E-state index is 6.78. The lowest BCUT2D eigenvalue weighted by Gasteiger charge is -2.17. The third-order valence-corrected chi connectivity index (χ3v) is 10.5. The molecule has 0 amide bonds. The molecule has 6 heteroatoms. The molecule has 0 saturated carbocycles. The molecule has 0 radical (unpaired) electrons. The fourth-order valence-electron chi connectivity index (χ4n) is 7.52. The Balaban J connectivity index is 1.09. The van der Waals surface area contributed by atoms with Crippen LogP contribution >= 0.6 is 0 Å². The van der Waals surface area contributed by atoms with Gasteiger partial charge in [0.05, 0.1) is 34.9 Å². The molecule has 2 N–H and O–H groups in total. The number of rotatable bonds is 6. The quantitative estimate of drug-likeness (QED) is 0.136. The third-order valence-electron chi connectivity index (χ3n) is 10.5. The van der Waals surface area contributed by atoms with Crippen molar-refractivity contribution in [3.8, 4) is 0 Å². The van der Waals surface area contributed by atoms with Crippen LogP contribution in [0.15, 0.2) is 197 Å². The molecule has 0 atom stereocenters. The molecule has 0 spiro atoms. The average Bonchev–Trinajstić information content (AvgIpc) is 3.23. The summed E-state index contributed by atoms with van der Waals surface area (Å²) in [6.45, 7) is 0.406. The van der Waals surface area contributed by atoms with Crippen molar-refractivity contribution in [3.63, 3.8) is 0 Å². The largest absolute Gasteiger partial charge is 0.398 e. The van der Waals surface area contributed by atoms with E-state index in [1.54, 1.807) is 0 Å². The normalized spacial score (nSPS) is 19.3. The Kier molecular flexibility index (Phi) is 10.4. The molecular weight excluding hydrogens is 709 g/mol. The highest BCUT2D eigenvalue weighted by atomic mass is 15.0. The molecule has 4 aromatic carbocycles. The van der Waals surface area contributed by atoms with Crippen LogP contribution in [-0.2, 0) is 13.0 Å². The number of hydrogen-bond donors (Lipinski definition) is 1. The lowest BCUT2D eigenvalue weighted by molar-refractivity contribution is 0.974. The topological polar surface area (TPSA) is 89.4 Å². The van der Waals surface area contributed by atoms with E-state index in [0.29, 0.717) is 30.9 Å². The van der Waals surface area contributed by atoms with Crippen molar-refractivity contribution >= 4 is 50.1 Å². The number of hydrogen-bond acceptors (Lipinski definition) is 6. The van der Waals surface area contributed by atoms with Crippen LogP contribution in [0.25, 0.3) is 38.6 Å². The van der Waals surface area contributed by atoms with E-state index in [1.165, 1.54) is 5.56 Å². The zero-order valence-corrected chi connectivity index (χ0v) is 32.0. The predicted molar refractivity (Wildman–Crippen MR) is 239 cm³/mol. The number of fused-ring (bicyclic) bond motifs is 4. The lowest BCUT2D eigenvalue weighted by atomic mass is 9.91. The highest BCUT2D eigenvalue weighted by Gasteiger charge is 2.19. The Labute approximate surface area is 338 Å². The van der Waals surface area contributed by atoms with Gasteiger partial charge in [0.1, 0.15) is 0 Å². The van der Waals surface area contributed by atoms with Gasteiger partial charge < -0.3 is 5.73 Å². The summed E-state index contributed by atoms with van der Waals surface area (Å²) in [5.41, 5.74) is 25.3. The molecule has 2 aromatic heterocycles. The second-order valence-corrected chi connectivity index (χ2v) is 14.3. The van der Waals surface area contributed by atoms with E-state index in [2.05, 4.69) is 115 Å². The summed E-state index contributed by atoms with van der Waals surface area (Å²) in [6.07, 6.45) is 23.1. The second kappa shape index (κ2) is 16.7. The van der Waals surface area contributed by atoms with Crippen molar-refractivity contribution in [2.75, 3.05) is 0 Å². The van der Waals surface area contributed by atoms with E-state index in [4.69, 9.17) is 30.7 Å². The van der Waals surface area contributed by atoms with E-state index in [1.807, 2.05) is 66.8 Å². The van der Waals surface area contributed by atoms with Crippen LogP contribution in [0.3, 0.4) is 0 Å². The second-order valence-electron chi connectivity index (χ2n) is 14.3. The van der Waals surface area contributed by atoms with Crippen LogP contribution in [0.2, 0.25) is 0 Å². The van der Waals surface area contributed by atoms with Crippen LogP contribution in [-0.4, -0.2) is 26.4 Å². The van der Waals surface area contributed by atoms with Gasteiger partial charge in [-0.15, -0.1) is 5.73 Å². The van der Waals surface area contributed by atoms with Crippen molar-refractivity contribution in [3.05, 3.63) is 227 Å². The standard InChI is InChI=1S/C52H40N6/c53-49(38-20-8-4-9-21-38)40-25-16-24-36-18-12-14-27-42(36)48(34-40)54-35-41-26-17-31-45(55-41)46-29-10-5-11-30-47(56-46)52-57-50(39-22-6-2-1-3-7-23-39)44-33-32-37-19-13-15-28-43(37)51(44)58-52/h1-2,4-21,23,25-28,31-33H,22,24,29,34-35,53H2/b6-2-,10-5-,25-16-,39-23+,49-40-,54-48?,56-46?. The number of benzene rings is 4. The SMILES string of the molecule is N/C(=C1/C=C\Cc2ccccc2C(=NCc2cccc(C3=NC(c4nc(/C5=C/C=C=C/C=C\C5)c5ccc6ccccc6c5n4)=C=C/C=C\C3)n2)C1)c1ccccc1. The van der Waals surface area contributed by atoms with Crippen LogP contribution < -0.4 is 5.73 Å².